The van der Waals surface area contributed by atoms with E-state index in [0.717, 1.165) is 11.4 Å². The van der Waals surface area contributed by atoms with E-state index in [4.69, 9.17) is 4.42 Å². The lowest BCUT2D eigenvalue weighted by Crippen LogP contribution is -2.12. The average molecular weight is 330 g/mol. The van der Waals surface area contributed by atoms with Crippen molar-refractivity contribution >= 4 is 18.1 Å². The molecule has 0 amide bonds. The van der Waals surface area contributed by atoms with E-state index in [1.165, 1.54) is 4.68 Å². The first-order chi connectivity index (χ1) is 12.3. The first-order valence-electron chi connectivity index (χ1n) is 7.72. The molecule has 6 heteroatoms. The normalized spacial score (nSPS) is 11.2. The molecule has 0 aliphatic rings. The van der Waals surface area contributed by atoms with Gasteiger partial charge in [-0.05, 0) is 60.7 Å². The molecule has 0 spiro atoms. The fourth-order valence-electron chi connectivity index (χ4n) is 2.40. The Labute approximate surface area is 143 Å². The van der Waals surface area contributed by atoms with E-state index in [9.17, 15) is 4.79 Å². The van der Waals surface area contributed by atoms with Gasteiger partial charge in [0, 0.05) is 24.2 Å². The van der Waals surface area contributed by atoms with Crippen LogP contribution in [0.5, 0.6) is 0 Å². The Hall–Kier alpha value is -3.67. The van der Waals surface area contributed by atoms with Crippen LogP contribution >= 0.6 is 0 Å². The van der Waals surface area contributed by atoms with E-state index < -0.39 is 0 Å². The smallest absolute Gasteiger partial charge is 0.278 e. The van der Waals surface area contributed by atoms with E-state index >= 15 is 0 Å². The Morgan fingerprint density at radius 3 is 2.60 bits per heavy atom. The van der Waals surface area contributed by atoms with Crippen LogP contribution in [0, 0.1) is 0 Å². The maximum Gasteiger partial charge on any atom is 0.278 e. The van der Waals surface area contributed by atoms with Gasteiger partial charge in [0.2, 0.25) is 0 Å². The third-order valence-electron chi connectivity index (χ3n) is 3.66. The molecule has 0 aliphatic heterocycles. The Balaban J connectivity index is 1.51. The number of rotatable bonds is 4. The molecule has 3 heterocycles. The molecule has 122 valence electrons. The average Bonchev–Trinajstić information content (AvgIpc) is 3.42. The second-order valence-corrected chi connectivity index (χ2v) is 5.34. The molecule has 0 atom stereocenters. The van der Waals surface area contributed by atoms with Crippen molar-refractivity contribution < 1.29 is 9.21 Å². The minimum absolute atomic E-state index is 0.190. The van der Waals surface area contributed by atoms with Crippen molar-refractivity contribution in [3.8, 4) is 5.69 Å². The zero-order valence-electron chi connectivity index (χ0n) is 13.2. The van der Waals surface area contributed by atoms with Crippen molar-refractivity contribution in [2.45, 2.75) is 0 Å². The van der Waals surface area contributed by atoms with Crippen molar-refractivity contribution in [1.82, 2.24) is 19.6 Å². The maximum atomic E-state index is 12.5. The molecule has 3 aromatic heterocycles. The predicted molar refractivity (Wildman–Crippen MR) is 93.2 cm³/mol. The second kappa shape index (κ2) is 6.45. The molecule has 0 fully saturated rings. The van der Waals surface area contributed by atoms with Gasteiger partial charge in [0.25, 0.3) is 5.91 Å². The Kier molecular flexibility index (Phi) is 3.84. The highest BCUT2D eigenvalue weighted by molar-refractivity contribution is 5.95. The molecular weight excluding hydrogens is 316 g/mol. The van der Waals surface area contributed by atoms with Gasteiger partial charge in [-0.15, -0.1) is 0 Å². The fourth-order valence-corrected chi connectivity index (χ4v) is 2.40. The summed E-state index contributed by atoms with van der Waals surface area (Å²) in [5.74, 6) is 0.541. The third-order valence-corrected chi connectivity index (χ3v) is 3.66. The van der Waals surface area contributed by atoms with Gasteiger partial charge >= 0.3 is 0 Å². The highest BCUT2D eigenvalue weighted by Gasteiger charge is 2.10. The largest absolute Gasteiger partial charge is 0.465 e. The molecule has 0 aliphatic carbocycles. The van der Waals surface area contributed by atoms with Crippen LogP contribution in [0.15, 0.2) is 77.8 Å². The molecule has 25 heavy (non-hydrogen) atoms. The number of furan rings is 1. The van der Waals surface area contributed by atoms with Crippen molar-refractivity contribution in [2.75, 3.05) is 0 Å². The maximum absolute atomic E-state index is 12.5. The summed E-state index contributed by atoms with van der Waals surface area (Å²) in [5, 5.41) is 8.44. The van der Waals surface area contributed by atoms with Crippen LogP contribution in [-0.2, 0) is 0 Å². The van der Waals surface area contributed by atoms with Crippen LogP contribution in [0.2, 0.25) is 0 Å². The number of carbonyl (C=O) groups excluding carboxylic acids is 1. The number of hydrogen-bond acceptors (Lipinski definition) is 4. The van der Waals surface area contributed by atoms with Gasteiger partial charge in [0.05, 0.1) is 17.6 Å². The van der Waals surface area contributed by atoms with E-state index in [1.807, 2.05) is 36.5 Å². The number of hydrogen-bond donors (Lipinski definition) is 0. The summed E-state index contributed by atoms with van der Waals surface area (Å²) >= 11 is 0. The van der Waals surface area contributed by atoms with E-state index in [0.29, 0.717) is 11.3 Å². The molecule has 0 saturated carbocycles. The Morgan fingerprint density at radius 1 is 1.00 bits per heavy atom. The standard InChI is InChI=1S/C19H14N4O2/c24-19(15-4-7-17(8-5-15)22-12-2-11-20-22)23-13-10-16(21-23)6-9-18-3-1-14-25-18/h1-14H. The molecule has 6 nitrogen and oxygen atoms in total. The summed E-state index contributed by atoms with van der Waals surface area (Å²) in [4.78, 5) is 12.5. The van der Waals surface area contributed by atoms with Crippen LogP contribution in [0.1, 0.15) is 21.8 Å². The summed E-state index contributed by atoms with van der Waals surface area (Å²) in [6, 6.07) is 14.5. The predicted octanol–water partition coefficient (Wildman–Crippen LogP) is 3.52. The number of nitrogens with zero attached hydrogens (tertiary/aromatic N) is 4. The number of benzene rings is 1. The topological polar surface area (TPSA) is 65.8 Å². The Bertz CT molecular complexity index is 994. The van der Waals surface area contributed by atoms with E-state index in [1.54, 1.807) is 53.7 Å². The number of aromatic nitrogens is 4. The molecule has 0 radical (unpaired) electrons. The quantitative estimate of drug-likeness (QED) is 0.574. The van der Waals surface area contributed by atoms with Crippen LogP contribution in [-0.4, -0.2) is 25.5 Å². The molecule has 4 aromatic rings. The van der Waals surface area contributed by atoms with Crippen molar-refractivity contribution in [3.63, 3.8) is 0 Å². The van der Waals surface area contributed by atoms with Gasteiger partial charge in [0.15, 0.2) is 0 Å². The molecule has 0 unspecified atom stereocenters. The summed E-state index contributed by atoms with van der Waals surface area (Å²) in [6.45, 7) is 0. The van der Waals surface area contributed by atoms with Crippen molar-refractivity contribution in [3.05, 3.63) is 90.4 Å². The SMILES string of the molecule is O=C(c1ccc(-n2cccn2)cc1)n1ccc(C=Cc2ccco2)n1. The highest BCUT2D eigenvalue weighted by atomic mass is 16.3. The van der Waals surface area contributed by atoms with Crippen LogP contribution in [0.3, 0.4) is 0 Å². The van der Waals surface area contributed by atoms with Gasteiger partial charge in [-0.1, -0.05) is 0 Å². The summed E-state index contributed by atoms with van der Waals surface area (Å²) < 4.78 is 8.29. The zero-order chi connectivity index (χ0) is 17.1. The van der Waals surface area contributed by atoms with E-state index in [2.05, 4.69) is 10.2 Å². The van der Waals surface area contributed by atoms with E-state index in [-0.39, 0.29) is 5.91 Å². The van der Waals surface area contributed by atoms with Gasteiger partial charge in [0.1, 0.15) is 5.76 Å². The first-order valence-corrected chi connectivity index (χ1v) is 7.72. The first kappa shape index (κ1) is 14.9. The molecule has 0 bridgehead atoms. The summed E-state index contributed by atoms with van der Waals surface area (Å²) in [6.07, 6.45) is 10.4. The zero-order valence-corrected chi connectivity index (χ0v) is 13.2. The fraction of sp³-hybridized carbons (Fsp3) is 0. The summed E-state index contributed by atoms with van der Waals surface area (Å²) in [7, 11) is 0. The molecular formula is C19H14N4O2. The minimum Gasteiger partial charge on any atom is -0.465 e. The molecule has 0 saturated heterocycles. The van der Waals surface area contributed by atoms with Gasteiger partial charge < -0.3 is 4.42 Å². The highest BCUT2D eigenvalue weighted by Crippen LogP contribution is 2.11. The lowest BCUT2D eigenvalue weighted by atomic mass is 10.2. The van der Waals surface area contributed by atoms with Gasteiger partial charge in [-0.2, -0.15) is 10.2 Å². The molecule has 1 aromatic carbocycles. The van der Waals surface area contributed by atoms with Crippen molar-refractivity contribution in [2.24, 2.45) is 0 Å². The minimum atomic E-state index is -0.190. The van der Waals surface area contributed by atoms with Crippen molar-refractivity contribution in [1.29, 1.82) is 0 Å². The van der Waals surface area contributed by atoms with Gasteiger partial charge in [-0.3, -0.25) is 4.79 Å². The number of carbonyl (C=O) groups is 1. The molecule has 4 rings (SSSR count). The van der Waals surface area contributed by atoms with Crippen LogP contribution in [0.25, 0.3) is 17.8 Å². The van der Waals surface area contributed by atoms with Gasteiger partial charge in [-0.25, -0.2) is 9.36 Å². The third kappa shape index (κ3) is 3.18. The lowest BCUT2D eigenvalue weighted by molar-refractivity contribution is 0.0945. The molecule has 0 N–H and O–H groups in total. The monoisotopic (exact) mass is 330 g/mol. The summed E-state index contributed by atoms with van der Waals surface area (Å²) in [5.41, 5.74) is 2.13. The lowest BCUT2D eigenvalue weighted by Gasteiger charge is -2.03. The van der Waals surface area contributed by atoms with Crippen LogP contribution in [0.4, 0.5) is 0 Å². The second-order valence-electron chi connectivity index (χ2n) is 5.34. The van der Waals surface area contributed by atoms with Crippen LogP contribution < -0.4 is 0 Å². The Morgan fingerprint density at radius 2 is 1.88 bits per heavy atom.